The van der Waals surface area contributed by atoms with Crippen molar-refractivity contribution in [2.24, 2.45) is 0 Å². The van der Waals surface area contributed by atoms with Gasteiger partial charge in [0.05, 0.1) is 6.10 Å². The van der Waals surface area contributed by atoms with Crippen LogP contribution in [0.25, 0.3) is 0 Å². The summed E-state index contributed by atoms with van der Waals surface area (Å²) in [4.78, 5) is 22.7. The number of aliphatic hydroxyl groups excluding tert-OH is 1. The van der Waals surface area contributed by atoms with Crippen LogP contribution in [0.15, 0.2) is 24.3 Å². The lowest BCUT2D eigenvalue weighted by atomic mass is 10.2. The van der Waals surface area contributed by atoms with Gasteiger partial charge >= 0.3 is 5.97 Å². The first-order valence-electron chi connectivity index (χ1n) is 6.26. The first-order valence-corrected chi connectivity index (χ1v) is 6.26. The van der Waals surface area contributed by atoms with Gasteiger partial charge in [-0.1, -0.05) is 12.1 Å². The van der Waals surface area contributed by atoms with Crippen LogP contribution in [0.4, 0.5) is 0 Å². The van der Waals surface area contributed by atoms with Crippen molar-refractivity contribution in [3.8, 4) is 5.75 Å². The third-order valence-electron chi connectivity index (χ3n) is 2.72. The van der Waals surface area contributed by atoms with Crippen LogP contribution < -0.4 is 10.1 Å². The molecule has 6 nitrogen and oxygen atoms in total. The van der Waals surface area contributed by atoms with Crippen LogP contribution in [0.3, 0.4) is 0 Å². The number of aliphatic carboxylic acids is 1. The number of hydrogen-bond acceptors (Lipinski definition) is 4. The molecular formula is C14H19NO5. The van der Waals surface area contributed by atoms with E-state index in [1.807, 2.05) is 13.0 Å². The quantitative estimate of drug-likeness (QED) is 0.714. The third kappa shape index (κ3) is 4.55. The Balaban J connectivity index is 2.65. The summed E-state index contributed by atoms with van der Waals surface area (Å²) < 4.78 is 5.43. The Kier molecular flexibility index (Phi) is 5.52. The Morgan fingerprint density at radius 1 is 1.30 bits per heavy atom. The van der Waals surface area contributed by atoms with Crippen LogP contribution in [0.2, 0.25) is 0 Å². The average Bonchev–Trinajstić information content (AvgIpc) is 2.34. The fraction of sp³-hybridized carbons (Fsp3) is 0.429. The van der Waals surface area contributed by atoms with Crippen LogP contribution in [-0.4, -0.2) is 40.3 Å². The van der Waals surface area contributed by atoms with Gasteiger partial charge < -0.3 is 20.3 Å². The molecule has 0 heterocycles. The molecule has 6 heteroatoms. The normalized spacial score (nSPS) is 15.0. The maximum Gasteiger partial charge on any atom is 0.328 e. The maximum atomic E-state index is 11.8. The van der Waals surface area contributed by atoms with Gasteiger partial charge in [0.2, 0.25) is 0 Å². The van der Waals surface area contributed by atoms with E-state index in [2.05, 4.69) is 5.32 Å². The van der Waals surface area contributed by atoms with E-state index in [1.165, 1.54) is 13.8 Å². The summed E-state index contributed by atoms with van der Waals surface area (Å²) in [5.41, 5.74) is 0.988. The number of benzene rings is 1. The van der Waals surface area contributed by atoms with Gasteiger partial charge in [0, 0.05) is 0 Å². The Labute approximate surface area is 117 Å². The number of amides is 1. The molecule has 0 aromatic heterocycles. The Bertz CT molecular complexity index is 486. The molecule has 1 aromatic carbocycles. The second-order valence-electron chi connectivity index (χ2n) is 4.64. The Morgan fingerprint density at radius 3 is 2.45 bits per heavy atom. The van der Waals surface area contributed by atoms with E-state index in [9.17, 15) is 14.7 Å². The van der Waals surface area contributed by atoms with Crippen molar-refractivity contribution in [3.63, 3.8) is 0 Å². The zero-order valence-electron chi connectivity index (χ0n) is 11.7. The van der Waals surface area contributed by atoms with Crippen LogP contribution in [0.1, 0.15) is 19.4 Å². The van der Waals surface area contributed by atoms with Crippen molar-refractivity contribution in [2.45, 2.75) is 39.0 Å². The molecule has 1 amide bonds. The first-order chi connectivity index (χ1) is 9.31. The van der Waals surface area contributed by atoms with Gasteiger partial charge in [-0.25, -0.2) is 4.79 Å². The molecule has 0 aliphatic carbocycles. The highest BCUT2D eigenvalue weighted by atomic mass is 16.5. The molecule has 0 aliphatic heterocycles. The minimum atomic E-state index is -1.36. The minimum absolute atomic E-state index is 0.525. The van der Waals surface area contributed by atoms with Crippen molar-refractivity contribution < 1.29 is 24.5 Å². The molecule has 1 aromatic rings. The van der Waals surface area contributed by atoms with E-state index >= 15 is 0 Å². The van der Waals surface area contributed by atoms with E-state index in [0.29, 0.717) is 5.75 Å². The standard InChI is InChI=1S/C14H19NO5/c1-8-5-4-6-11(7-8)20-10(3)13(17)15-12(9(2)16)14(18)19/h4-7,9-10,12,16H,1-3H3,(H,15,17)(H,18,19). The van der Waals surface area contributed by atoms with E-state index in [1.54, 1.807) is 18.2 Å². The number of rotatable bonds is 6. The van der Waals surface area contributed by atoms with E-state index in [4.69, 9.17) is 9.84 Å². The number of carbonyl (C=O) groups excluding carboxylic acids is 1. The molecule has 0 radical (unpaired) electrons. The summed E-state index contributed by atoms with van der Waals surface area (Å²) in [5, 5.41) is 20.4. The SMILES string of the molecule is Cc1cccc(OC(C)C(=O)NC(C(=O)O)C(C)O)c1. The second kappa shape index (κ2) is 6.91. The molecular weight excluding hydrogens is 262 g/mol. The lowest BCUT2D eigenvalue weighted by Gasteiger charge is -2.20. The summed E-state index contributed by atoms with van der Waals surface area (Å²) in [5.74, 6) is -1.37. The van der Waals surface area contributed by atoms with Gasteiger partial charge in [0.25, 0.3) is 5.91 Å². The molecule has 0 aliphatic rings. The molecule has 3 atom stereocenters. The number of hydrogen-bond donors (Lipinski definition) is 3. The number of carboxylic acid groups (broad SMARTS) is 1. The number of aliphatic hydroxyl groups is 1. The fourth-order valence-electron chi connectivity index (χ4n) is 1.61. The lowest BCUT2D eigenvalue weighted by Crippen LogP contribution is -2.51. The fourth-order valence-corrected chi connectivity index (χ4v) is 1.61. The molecule has 1 rings (SSSR count). The molecule has 0 spiro atoms. The van der Waals surface area contributed by atoms with E-state index < -0.39 is 30.1 Å². The summed E-state index contributed by atoms with van der Waals surface area (Å²) in [7, 11) is 0. The van der Waals surface area contributed by atoms with Crippen molar-refractivity contribution in [1.82, 2.24) is 5.32 Å². The molecule has 0 fully saturated rings. The summed E-state index contributed by atoms with van der Waals surface area (Å²) in [6.45, 7) is 4.70. The highest BCUT2D eigenvalue weighted by Gasteiger charge is 2.27. The van der Waals surface area contributed by atoms with Gasteiger partial charge in [-0.05, 0) is 38.5 Å². The second-order valence-corrected chi connectivity index (χ2v) is 4.64. The molecule has 0 saturated carbocycles. The van der Waals surface area contributed by atoms with Gasteiger partial charge in [-0.15, -0.1) is 0 Å². The number of carboxylic acids is 1. The molecule has 110 valence electrons. The largest absolute Gasteiger partial charge is 0.481 e. The third-order valence-corrected chi connectivity index (χ3v) is 2.72. The summed E-state index contributed by atoms with van der Waals surface area (Å²) >= 11 is 0. The smallest absolute Gasteiger partial charge is 0.328 e. The first kappa shape index (κ1) is 16.0. The van der Waals surface area contributed by atoms with Gasteiger partial charge in [-0.2, -0.15) is 0 Å². The maximum absolute atomic E-state index is 11.8. The number of nitrogens with one attached hydrogen (secondary N) is 1. The Morgan fingerprint density at radius 2 is 1.95 bits per heavy atom. The number of ether oxygens (including phenoxy) is 1. The van der Waals surface area contributed by atoms with Crippen LogP contribution in [-0.2, 0) is 9.59 Å². The molecule has 0 saturated heterocycles. The Hall–Kier alpha value is -2.08. The van der Waals surface area contributed by atoms with E-state index in [-0.39, 0.29) is 0 Å². The molecule has 3 unspecified atom stereocenters. The number of aryl methyl sites for hydroxylation is 1. The monoisotopic (exact) mass is 281 g/mol. The average molecular weight is 281 g/mol. The zero-order chi connectivity index (χ0) is 15.3. The molecule has 3 N–H and O–H groups in total. The highest BCUT2D eigenvalue weighted by Crippen LogP contribution is 2.14. The molecule has 20 heavy (non-hydrogen) atoms. The lowest BCUT2D eigenvalue weighted by molar-refractivity contribution is -0.145. The highest BCUT2D eigenvalue weighted by molar-refractivity contribution is 5.86. The van der Waals surface area contributed by atoms with Crippen molar-refractivity contribution in [3.05, 3.63) is 29.8 Å². The molecule has 0 bridgehead atoms. The predicted molar refractivity (Wildman–Crippen MR) is 72.5 cm³/mol. The van der Waals surface area contributed by atoms with Crippen molar-refractivity contribution in [2.75, 3.05) is 0 Å². The van der Waals surface area contributed by atoms with Crippen molar-refractivity contribution >= 4 is 11.9 Å². The van der Waals surface area contributed by atoms with Crippen LogP contribution in [0, 0.1) is 6.92 Å². The zero-order valence-corrected chi connectivity index (χ0v) is 11.7. The summed E-state index contributed by atoms with van der Waals surface area (Å²) in [6, 6.07) is 5.82. The topological polar surface area (TPSA) is 95.9 Å². The van der Waals surface area contributed by atoms with E-state index in [0.717, 1.165) is 5.56 Å². The minimum Gasteiger partial charge on any atom is -0.481 e. The van der Waals surface area contributed by atoms with Crippen LogP contribution in [0.5, 0.6) is 5.75 Å². The summed E-state index contributed by atoms with van der Waals surface area (Å²) in [6.07, 6.45) is -2.06. The van der Waals surface area contributed by atoms with Gasteiger partial charge in [-0.3, -0.25) is 4.79 Å². The van der Waals surface area contributed by atoms with Gasteiger partial charge in [0.15, 0.2) is 12.1 Å². The van der Waals surface area contributed by atoms with Crippen molar-refractivity contribution in [1.29, 1.82) is 0 Å². The van der Waals surface area contributed by atoms with Crippen LogP contribution >= 0.6 is 0 Å². The van der Waals surface area contributed by atoms with Gasteiger partial charge in [0.1, 0.15) is 5.75 Å². The predicted octanol–water partition coefficient (Wildman–Crippen LogP) is 0.713. The number of carbonyl (C=O) groups is 2.